The minimum atomic E-state index is 0.510. The maximum atomic E-state index is 11.3. The van der Waals surface area contributed by atoms with Crippen molar-refractivity contribution in [2.75, 3.05) is 5.88 Å². The second-order valence-corrected chi connectivity index (χ2v) is 5.77. The minimum absolute atomic E-state index is 0.510. The Hall–Kier alpha value is -2.59. The number of fused-ring (bicyclic) bond motifs is 1. The van der Waals surface area contributed by atoms with Crippen molar-refractivity contribution >= 4 is 35.6 Å². The van der Waals surface area contributed by atoms with Gasteiger partial charge in [0.2, 0.25) is 0 Å². The first kappa shape index (κ1) is 18.7. The van der Waals surface area contributed by atoms with Crippen LogP contribution in [0.1, 0.15) is 22.3 Å². The van der Waals surface area contributed by atoms with Crippen LogP contribution in [0.3, 0.4) is 0 Å². The van der Waals surface area contributed by atoms with E-state index in [1.165, 1.54) is 0 Å². The number of carbonyl (C=O) groups is 2. The van der Waals surface area contributed by atoms with Crippen molar-refractivity contribution in [1.82, 2.24) is 4.57 Å². The second-order valence-electron chi connectivity index (χ2n) is 5.39. The van der Waals surface area contributed by atoms with Crippen LogP contribution < -0.4 is 4.74 Å². The molecule has 0 saturated carbocycles. The first-order chi connectivity index (χ1) is 12.3. The van der Waals surface area contributed by atoms with Crippen molar-refractivity contribution in [1.29, 1.82) is 0 Å². The van der Waals surface area contributed by atoms with Gasteiger partial charge in [0.05, 0.1) is 0 Å². The van der Waals surface area contributed by atoms with Crippen LogP contribution in [-0.4, -0.2) is 23.5 Å². The fourth-order valence-electron chi connectivity index (χ4n) is 2.64. The molecule has 0 unspecified atom stereocenters. The molecule has 130 valence electrons. The summed E-state index contributed by atoms with van der Waals surface area (Å²) in [6.07, 6.45) is 3.64. The molecule has 0 N–H and O–H groups in total. The van der Waals surface area contributed by atoms with Gasteiger partial charge in [0.15, 0.2) is 6.29 Å². The van der Waals surface area contributed by atoms with E-state index in [-0.39, 0.29) is 0 Å². The number of rotatable bonds is 7. The van der Waals surface area contributed by atoms with Gasteiger partial charge in [0, 0.05) is 35.1 Å². The van der Waals surface area contributed by atoms with Gasteiger partial charge in [-0.15, -0.1) is 11.6 Å². The number of hydrogen-bond donors (Lipinski definition) is 0. The third kappa shape index (κ3) is 4.70. The highest BCUT2D eigenvalue weighted by molar-refractivity contribution is 6.17. The molecule has 0 radical (unpaired) electrons. The largest absolute Gasteiger partial charge is 0.489 e. The Kier molecular flexibility index (Phi) is 7.23. The number of alkyl halides is 1. The average Bonchev–Trinajstić information content (AvgIpc) is 3.04. The van der Waals surface area contributed by atoms with Crippen molar-refractivity contribution < 1.29 is 14.3 Å². The summed E-state index contributed by atoms with van der Waals surface area (Å²) in [7, 11) is 0. The van der Waals surface area contributed by atoms with Crippen LogP contribution in [0.2, 0.25) is 0 Å². The van der Waals surface area contributed by atoms with Gasteiger partial charge in [-0.25, -0.2) is 0 Å². The number of benzene rings is 2. The lowest BCUT2D eigenvalue weighted by atomic mass is 10.2. The SMILES string of the molecule is C=O.O=Cc1cn(CCCCl)c2ccc(OCc3ccccc3)cc12. The Labute approximate surface area is 152 Å². The first-order valence-corrected chi connectivity index (χ1v) is 8.45. The molecule has 3 aromatic rings. The average molecular weight is 358 g/mol. The Bertz CT molecular complexity index is 814. The smallest absolute Gasteiger partial charge is 0.152 e. The van der Waals surface area contributed by atoms with E-state index in [9.17, 15) is 4.79 Å². The quantitative estimate of drug-likeness (QED) is 0.463. The van der Waals surface area contributed by atoms with Gasteiger partial charge in [-0.2, -0.15) is 0 Å². The van der Waals surface area contributed by atoms with Crippen LogP contribution in [0, 0.1) is 0 Å². The van der Waals surface area contributed by atoms with E-state index in [4.69, 9.17) is 21.1 Å². The van der Waals surface area contributed by atoms with Crippen LogP contribution in [0.5, 0.6) is 5.75 Å². The summed E-state index contributed by atoms with van der Waals surface area (Å²) in [4.78, 5) is 19.3. The van der Waals surface area contributed by atoms with Gasteiger partial charge in [-0.1, -0.05) is 30.3 Å². The van der Waals surface area contributed by atoms with Gasteiger partial charge in [0.1, 0.15) is 19.1 Å². The summed E-state index contributed by atoms with van der Waals surface area (Å²) < 4.78 is 7.92. The Morgan fingerprint density at radius 3 is 2.56 bits per heavy atom. The fraction of sp³-hybridized carbons (Fsp3) is 0.200. The van der Waals surface area contributed by atoms with E-state index in [0.29, 0.717) is 18.1 Å². The zero-order chi connectivity index (χ0) is 18.1. The lowest BCUT2D eigenvalue weighted by Crippen LogP contribution is -1.97. The summed E-state index contributed by atoms with van der Waals surface area (Å²) in [6.45, 7) is 3.31. The molecule has 0 aliphatic rings. The Morgan fingerprint density at radius 1 is 1.12 bits per heavy atom. The van der Waals surface area contributed by atoms with Gasteiger partial charge < -0.3 is 14.1 Å². The lowest BCUT2D eigenvalue weighted by Gasteiger charge is -2.08. The van der Waals surface area contributed by atoms with Crippen LogP contribution in [0.4, 0.5) is 0 Å². The number of aryl methyl sites for hydroxylation is 1. The number of nitrogens with zero attached hydrogens (tertiary/aromatic N) is 1. The van der Waals surface area contributed by atoms with Crippen molar-refractivity contribution in [3.63, 3.8) is 0 Å². The molecular formula is C20H20ClNO3. The summed E-state index contributed by atoms with van der Waals surface area (Å²) >= 11 is 5.77. The van der Waals surface area contributed by atoms with E-state index in [0.717, 1.165) is 41.5 Å². The number of carbonyl (C=O) groups excluding carboxylic acids is 2. The molecule has 0 spiro atoms. The fourth-order valence-corrected chi connectivity index (χ4v) is 2.76. The molecule has 0 aliphatic heterocycles. The number of aldehydes is 1. The molecule has 5 heteroatoms. The Morgan fingerprint density at radius 2 is 1.88 bits per heavy atom. The minimum Gasteiger partial charge on any atom is -0.489 e. The van der Waals surface area contributed by atoms with E-state index in [2.05, 4.69) is 4.57 Å². The van der Waals surface area contributed by atoms with Crippen LogP contribution in [0.15, 0.2) is 54.7 Å². The highest BCUT2D eigenvalue weighted by Gasteiger charge is 2.09. The van der Waals surface area contributed by atoms with E-state index in [1.807, 2.05) is 61.5 Å². The van der Waals surface area contributed by atoms with Gasteiger partial charge in [-0.3, -0.25) is 4.79 Å². The highest BCUT2D eigenvalue weighted by Crippen LogP contribution is 2.26. The highest BCUT2D eigenvalue weighted by atomic mass is 35.5. The molecule has 4 nitrogen and oxygen atoms in total. The lowest BCUT2D eigenvalue weighted by molar-refractivity contribution is -0.0980. The molecule has 0 saturated heterocycles. The third-order valence-electron chi connectivity index (χ3n) is 3.79. The molecule has 0 amide bonds. The molecule has 0 fully saturated rings. The summed E-state index contributed by atoms with van der Waals surface area (Å²) in [6, 6.07) is 15.9. The maximum absolute atomic E-state index is 11.3. The summed E-state index contributed by atoms with van der Waals surface area (Å²) in [5.74, 6) is 1.37. The number of halogens is 1. The van der Waals surface area contributed by atoms with Crippen LogP contribution in [0.25, 0.3) is 10.9 Å². The van der Waals surface area contributed by atoms with Crippen molar-refractivity contribution in [2.24, 2.45) is 0 Å². The zero-order valence-corrected chi connectivity index (χ0v) is 14.6. The molecule has 1 heterocycles. The second kappa shape index (κ2) is 9.64. The van der Waals surface area contributed by atoms with Crippen LogP contribution in [-0.2, 0) is 17.9 Å². The topological polar surface area (TPSA) is 48.3 Å². The number of hydrogen-bond acceptors (Lipinski definition) is 3. The predicted molar refractivity (Wildman–Crippen MR) is 101 cm³/mol. The zero-order valence-electron chi connectivity index (χ0n) is 13.9. The predicted octanol–water partition coefficient (Wildman–Crippen LogP) is 4.48. The molecule has 0 bridgehead atoms. The number of ether oxygens (including phenoxy) is 1. The first-order valence-electron chi connectivity index (χ1n) is 7.91. The standard InChI is InChI=1S/C19H18ClNO2.CH2O/c20-9-4-10-21-12-16(13-22)18-11-17(7-8-19(18)21)23-14-15-5-2-1-3-6-15;1-2/h1-3,5-8,11-13H,4,9-10,14H2;1H2. The number of aromatic nitrogens is 1. The monoisotopic (exact) mass is 357 g/mol. The molecule has 2 aromatic carbocycles. The van der Waals surface area contributed by atoms with Gasteiger partial charge in [0.25, 0.3) is 0 Å². The van der Waals surface area contributed by atoms with E-state index < -0.39 is 0 Å². The van der Waals surface area contributed by atoms with Crippen LogP contribution >= 0.6 is 11.6 Å². The molecule has 1 aromatic heterocycles. The van der Waals surface area contributed by atoms with Crippen molar-refractivity contribution in [3.05, 3.63) is 65.9 Å². The van der Waals surface area contributed by atoms with Gasteiger partial charge >= 0.3 is 0 Å². The molecule has 0 atom stereocenters. The third-order valence-corrected chi connectivity index (χ3v) is 4.06. The molecule has 0 aliphatic carbocycles. The van der Waals surface area contributed by atoms with Gasteiger partial charge in [-0.05, 0) is 30.2 Å². The normalized spacial score (nSPS) is 10.1. The van der Waals surface area contributed by atoms with Crippen molar-refractivity contribution in [2.45, 2.75) is 19.6 Å². The molecular weight excluding hydrogens is 338 g/mol. The van der Waals surface area contributed by atoms with Crippen molar-refractivity contribution in [3.8, 4) is 5.75 Å². The maximum Gasteiger partial charge on any atom is 0.152 e. The molecule has 3 rings (SSSR count). The molecule has 25 heavy (non-hydrogen) atoms. The van der Waals surface area contributed by atoms with E-state index in [1.54, 1.807) is 0 Å². The summed E-state index contributed by atoms with van der Waals surface area (Å²) in [5.41, 5.74) is 2.83. The Balaban J connectivity index is 0.00000109. The summed E-state index contributed by atoms with van der Waals surface area (Å²) in [5, 5.41) is 0.917. The van der Waals surface area contributed by atoms with E-state index >= 15 is 0 Å².